The Kier molecular flexibility index (Phi) is 4.87. The quantitative estimate of drug-likeness (QED) is 0.825. The number of aliphatic hydroxyl groups excluding tert-OH is 1. The van der Waals surface area contributed by atoms with Crippen LogP contribution in [0.15, 0.2) is 16.6 Å². The van der Waals surface area contributed by atoms with Crippen LogP contribution in [0.1, 0.15) is 38.4 Å². The number of rotatable bonds is 4. The number of benzene rings is 1. The second-order valence-corrected chi connectivity index (χ2v) is 4.66. The Bertz CT molecular complexity index is 364. The summed E-state index contributed by atoms with van der Waals surface area (Å²) < 4.78 is 26.9. The van der Waals surface area contributed by atoms with Crippen molar-refractivity contribution in [3.05, 3.63) is 33.8 Å². The van der Waals surface area contributed by atoms with E-state index >= 15 is 0 Å². The summed E-state index contributed by atoms with van der Waals surface area (Å²) in [7, 11) is 0. The normalized spacial score (nSPS) is 13.2. The molecule has 1 unspecified atom stereocenters. The summed E-state index contributed by atoms with van der Waals surface area (Å²) >= 11 is 2.90. The third kappa shape index (κ3) is 2.80. The van der Waals surface area contributed by atoms with Crippen molar-refractivity contribution >= 4 is 15.9 Å². The molecular weight excluding hydrogens is 278 g/mol. The van der Waals surface area contributed by atoms with Crippen molar-refractivity contribution < 1.29 is 13.9 Å². The first-order chi connectivity index (χ1) is 7.51. The van der Waals surface area contributed by atoms with Crippen LogP contribution in [-0.4, -0.2) is 5.11 Å². The monoisotopic (exact) mass is 292 g/mol. The summed E-state index contributed by atoms with van der Waals surface area (Å²) in [4.78, 5) is 0. The molecule has 1 atom stereocenters. The van der Waals surface area contributed by atoms with Crippen molar-refractivity contribution in [2.24, 2.45) is 5.92 Å². The molecule has 0 amide bonds. The molecule has 0 radical (unpaired) electrons. The molecular formula is C12H15BrF2O. The average Bonchev–Trinajstić information content (AvgIpc) is 2.25. The summed E-state index contributed by atoms with van der Waals surface area (Å²) in [5.74, 6) is -1.18. The van der Waals surface area contributed by atoms with Crippen molar-refractivity contribution in [2.75, 3.05) is 0 Å². The molecule has 4 heteroatoms. The van der Waals surface area contributed by atoms with Gasteiger partial charge in [-0.05, 0) is 34.0 Å². The van der Waals surface area contributed by atoms with Crippen molar-refractivity contribution in [1.29, 1.82) is 0 Å². The zero-order chi connectivity index (χ0) is 12.3. The molecule has 1 nitrogen and oxygen atoms in total. The highest BCUT2D eigenvalue weighted by atomic mass is 79.9. The van der Waals surface area contributed by atoms with Gasteiger partial charge in [-0.15, -0.1) is 0 Å². The van der Waals surface area contributed by atoms with Gasteiger partial charge in [-0.1, -0.05) is 26.7 Å². The molecule has 0 heterocycles. The van der Waals surface area contributed by atoms with Crippen LogP contribution in [-0.2, 0) is 0 Å². The summed E-state index contributed by atoms with van der Waals surface area (Å²) in [5, 5.41) is 9.95. The Labute approximate surface area is 103 Å². The Balaban J connectivity index is 3.07. The molecule has 0 bridgehead atoms. The van der Waals surface area contributed by atoms with Crippen LogP contribution in [0, 0.1) is 17.6 Å². The van der Waals surface area contributed by atoms with Gasteiger partial charge in [-0.3, -0.25) is 0 Å². The summed E-state index contributed by atoms with van der Waals surface area (Å²) in [6.07, 6.45) is 0.515. The Morgan fingerprint density at radius 1 is 1.19 bits per heavy atom. The Morgan fingerprint density at radius 2 is 1.75 bits per heavy atom. The molecule has 0 saturated carbocycles. The lowest BCUT2D eigenvalue weighted by molar-refractivity contribution is 0.0992. The molecule has 0 saturated heterocycles. The number of halogens is 3. The number of aliphatic hydroxyl groups is 1. The maximum Gasteiger partial charge on any atom is 0.137 e. The van der Waals surface area contributed by atoms with Crippen LogP contribution in [0.25, 0.3) is 0 Å². The first-order valence-electron chi connectivity index (χ1n) is 5.33. The van der Waals surface area contributed by atoms with Crippen LogP contribution in [0.2, 0.25) is 0 Å². The molecule has 0 spiro atoms. The second kappa shape index (κ2) is 5.73. The minimum atomic E-state index is -0.947. The SMILES string of the molecule is CCC(CC)C(O)c1cc(F)c(Br)cc1F. The highest BCUT2D eigenvalue weighted by molar-refractivity contribution is 9.10. The van der Waals surface area contributed by atoms with E-state index in [-0.39, 0.29) is 16.0 Å². The highest BCUT2D eigenvalue weighted by Crippen LogP contribution is 2.31. The predicted molar refractivity (Wildman–Crippen MR) is 63.1 cm³/mol. The van der Waals surface area contributed by atoms with Crippen molar-refractivity contribution in [3.63, 3.8) is 0 Å². The predicted octanol–water partition coefficient (Wildman–Crippen LogP) is 4.20. The molecule has 1 rings (SSSR count). The van der Waals surface area contributed by atoms with E-state index < -0.39 is 17.7 Å². The van der Waals surface area contributed by atoms with Gasteiger partial charge in [-0.25, -0.2) is 8.78 Å². The molecule has 0 aliphatic heterocycles. The van der Waals surface area contributed by atoms with Crippen LogP contribution in [0.5, 0.6) is 0 Å². The van der Waals surface area contributed by atoms with Gasteiger partial charge in [0.2, 0.25) is 0 Å². The van der Waals surface area contributed by atoms with E-state index in [4.69, 9.17) is 0 Å². The minimum Gasteiger partial charge on any atom is -0.388 e. The van der Waals surface area contributed by atoms with E-state index in [2.05, 4.69) is 15.9 Å². The van der Waals surface area contributed by atoms with E-state index in [1.165, 1.54) is 0 Å². The maximum atomic E-state index is 13.6. The molecule has 1 aromatic rings. The first kappa shape index (κ1) is 13.6. The summed E-state index contributed by atoms with van der Waals surface area (Å²) in [6, 6.07) is 2.11. The van der Waals surface area contributed by atoms with Gasteiger partial charge < -0.3 is 5.11 Å². The molecule has 16 heavy (non-hydrogen) atoms. The molecule has 1 N–H and O–H groups in total. The van der Waals surface area contributed by atoms with Gasteiger partial charge in [0, 0.05) is 5.56 Å². The molecule has 0 aromatic heterocycles. The van der Waals surface area contributed by atoms with Gasteiger partial charge in [0.1, 0.15) is 11.6 Å². The first-order valence-corrected chi connectivity index (χ1v) is 6.13. The van der Waals surface area contributed by atoms with Gasteiger partial charge in [0.15, 0.2) is 0 Å². The van der Waals surface area contributed by atoms with Gasteiger partial charge in [0.25, 0.3) is 0 Å². The third-order valence-corrected chi connectivity index (χ3v) is 3.46. The van der Waals surface area contributed by atoms with E-state index in [0.29, 0.717) is 0 Å². The second-order valence-electron chi connectivity index (χ2n) is 3.81. The van der Waals surface area contributed by atoms with Crippen LogP contribution in [0.4, 0.5) is 8.78 Å². The van der Waals surface area contributed by atoms with E-state index in [1.807, 2.05) is 13.8 Å². The fraction of sp³-hybridized carbons (Fsp3) is 0.500. The molecule has 0 aliphatic rings. The fourth-order valence-corrected chi connectivity index (χ4v) is 2.07. The third-order valence-electron chi connectivity index (χ3n) is 2.85. The summed E-state index contributed by atoms with van der Waals surface area (Å²) in [6.45, 7) is 3.84. The van der Waals surface area contributed by atoms with Crippen molar-refractivity contribution in [1.82, 2.24) is 0 Å². The van der Waals surface area contributed by atoms with Gasteiger partial charge in [-0.2, -0.15) is 0 Å². The topological polar surface area (TPSA) is 20.2 Å². The van der Waals surface area contributed by atoms with Crippen LogP contribution in [0.3, 0.4) is 0 Å². The Hall–Kier alpha value is -0.480. The lowest BCUT2D eigenvalue weighted by Crippen LogP contribution is -2.13. The molecule has 0 fully saturated rings. The van der Waals surface area contributed by atoms with Gasteiger partial charge in [0.05, 0.1) is 10.6 Å². The number of hydrogen-bond donors (Lipinski definition) is 1. The fourth-order valence-electron chi connectivity index (χ4n) is 1.75. The Morgan fingerprint density at radius 3 is 2.25 bits per heavy atom. The lowest BCUT2D eigenvalue weighted by Gasteiger charge is -2.21. The summed E-state index contributed by atoms with van der Waals surface area (Å²) in [5.41, 5.74) is 0.0365. The average molecular weight is 293 g/mol. The lowest BCUT2D eigenvalue weighted by atomic mass is 9.91. The molecule has 0 aliphatic carbocycles. The highest BCUT2D eigenvalue weighted by Gasteiger charge is 2.22. The smallest absolute Gasteiger partial charge is 0.137 e. The zero-order valence-electron chi connectivity index (χ0n) is 9.30. The number of hydrogen-bond acceptors (Lipinski definition) is 1. The largest absolute Gasteiger partial charge is 0.388 e. The standard InChI is InChI=1S/C12H15BrF2O/c1-3-7(4-2)12(16)8-5-11(15)9(13)6-10(8)14/h5-7,12,16H,3-4H2,1-2H3. The molecule has 90 valence electrons. The van der Waals surface area contributed by atoms with E-state index in [0.717, 1.165) is 25.0 Å². The van der Waals surface area contributed by atoms with Gasteiger partial charge >= 0.3 is 0 Å². The molecule has 1 aromatic carbocycles. The van der Waals surface area contributed by atoms with E-state index in [9.17, 15) is 13.9 Å². The van der Waals surface area contributed by atoms with Crippen molar-refractivity contribution in [3.8, 4) is 0 Å². The van der Waals surface area contributed by atoms with Crippen LogP contribution < -0.4 is 0 Å². The van der Waals surface area contributed by atoms with E-state index in [1.54, 1.807) is 0 Å². The minimum absolute atomic E-state index is 0.0365. The van der Waals surface area contributed by atoms with Crippen LogP contribution >= 0.6 is 15.9 Å². The maximum absolute atomic E-state index is 13.6. The van der Waals surface area contributed by atoms with Crippen molar-refractivity contribution in [2.45, 2.75) is 32.8 Å². The zero-order valence-corrected chi connectivity index (χ0v) is 10.9.